The Labute approximate surface area is 68.0 Å². The summed E-state index contributed by atoms with van der Waals surface area (Å²) in [4.78, 5) is 0. The number of aromatic nitrogens is 3. The number of nitrogens with zero attached hydrogens (tertiary/aromatic N) is 2. The second-order valence-electron chi connectivity index (χ2n) is 2.40. The van der Waals surface area contributed by atoms with E-state index in [4.69, 9.17) is 23.8 Å². The highest BCUT2D eigenvalue weighted by molar-refractivity contribution is 7.71. The maximum Gasteiger partial charge on any atom is 0.223 e. The van der Waals surface area contributed by atoms with Crippen LogP contribution in [0.25, 0.3) is 0 Å². The molecule has 0 atom stereocenters. The lowest BCUT2D eigenvalue weighted by Gasteiger charge is -1.95. The molecular weight excluding hydrogens is 170 g/mol. The average Bonchev–Trinajstić information content (AvgIpc) is 2.64. The first-order chi connectivity index (χ1) is 4.79. The molecule has 0 bridgehead atoms. The summed E-state index contributed by atoms with van der Waals surface area (Å²) in [5.41, 5.74) is 0. The number of halogens is 1. The molecule has 1 fully saturated rings. The van der Waals surface area contributed by atoms with Crippen molar-refractivity contribution in [2.24, 2.45) is 0 Å². The maximum absolute atomic E-state index is 5.73. The number of H-pyrrole nitrogens is 1. The van der Waals surface area contributed by atoms with Crippen LogP contribution in [-0.2, 0) is 0 Å². The molecule has 1 aromatic rings. The summed E-state index contributed by atoms with van der Waals surface area (Å²) in [7, 11) is 0. The molecule has 54 valence electrons. The SMILES string of the molecule is S=c1[nH]nc(Cl)n1C1CC1. The Hall–Kier alpha value is -0.350. The van der Waals surface area contributed by atoms with Crippen molar-refractivity contribution in [1.29, 1.82) is 0 Å². The van der Waals surface area contributed by atoms with Gasteiger partial charge in [0, 0.05) is 6.04 Å². The summed E-state index contributed by atoms with van der Waals surface area (Å²) >= 11 is 10.7. The second-order valence-corrected chi connectivity index (χ2v) is 3.12. The highest BCUT2D eigenvalue weighted by Gasteiger charge is 2.26. The van der Waals surface area contributed by atoms with Crippen molar-refractivity contribution in [3.8, 4) is 0 Å². The zero-order chi connectivity index (χ0) is 7.14. The van der Waals surface area contributed by atoms with Crippen LogP contribution in [0, 0.1) is 4.77 Å². The van der Waals surface area contributed by atoms with E-state index in [2.05, 4.69) is 10.2 Å². The van der Waals surface area contributed by atoms with Gasteiger partial charge in [0.15, 0.2) is 4.77 Å². The van der Waals surface area contributed by atoms with E-state index in [1.165, 1.54) is 12.8 Å². The third kappa shape index (κ3) is 0.876. The van der Waals surface area contributed by atoms with Crippen LogP contribution in [0.4, 0.5) is 0 Å². The zero-order valence-electron chi connectivity index (χ0n) is 5.17. The highest BCUT2D eigenvalue weighted by Crippen LogP contribution is 2.36. The standard InChI is InChI=1S/C5H6ClN3S/c6-4-7-8-5(10)9(4)3-1-2-3/h3H,1-2H2,(H,8,10). The molecule has 0 amide bonds. The monoisotopic (exact) mass is 175 g/mol. The Kier molecular flexibility index (Phi) is 1.32. The molecule has 10 heavy (non-hydrogen) atoms. The molecule has 0 aliphatic heterocycles. The van der Waals surface area contributed by atoms with Gasteiger partial charge in [-0.1, -0.05) is 0 Å². The third-order valence-corrected chi connectivity index (χ3v) is 2.13. The summed E-state index contributed by atoms with van der Waals surface area (Å²) in [6.07, 6.45) is 2.35. The summed E-state index contributed by atoms with van der Waals surface area (Å²) in [6.45, 7) is 0. The molecular formula is C5H6ClN3S. The van der Waals surface area contributed by atoms with Gasteiger partial charge >= 0.3 is 0 Å². The minimum absolute atomic E-state index is 0.479. The van der Waals surface area contributed by atoms with E-state index in [1.807, 2.05) is 4.57 Å². The normalized spacial score (nSPS) is 17.7. The molecule has 0 saturated heterocycles. The summed E-state index contributed by atoms with van der Waals surface area (Å²) in [5, 5.41) is 6.91. The number of aromatic amines is 1. The van der Waals surface area contributed by atoms with Crippen LogP contribution in [0.2, 0.25) is 5.28 Å². The van der Waals surface area contributed by atoms with E-state index in [0.717, 1.165) is 0 Å². The Morgan fingerprint density at radius 2 is 2.40 bits per heavy atom. The van der Waals surface area contributed by atoms with E-state index < -0.39 is 0 Å². The molecule has 1 aliphatic carbocycles. The summed E-state index contributed by atoms with van der Waals surface area (Å²) in [5.74, 6) is 0. The molecule has 0 spiro atoms. The van der Waals surface area contributed by atoms with Gasteiger partial charge in [0.1, 0.15) is 0 Å². The van der Waals surface area contributed by atoms with Crippen LogP contribution in [-0.4, -0.2) is 14.8 Å². The lowest BCUT2D eigenvalue weighted by atomic mass is 10.7. The molecule has 1 aliphatic rings. The van der Waals surface area contributed by atoms with Gasteiger partial charge in [0.25, 0.3) is 0 Å². The fraction of sp³-hybridized carbons (Fsp3) is 0.600. The van der Waals surface area contributed by atoms with E-state index in [1.54, 1.807) is 0 Å². The predicted molar refractivity (Wildman–Crippen MR) is 40.7 cm³/mol. The van der Waals surface area contributed by atoms with Gasteiger partial charge in [-0.05, 0) is 36.7 Å². The Balaban J connectivity index is 2.54. The fourth-order valence-electron chi connectivity index (χ4n) is 0.935. The van der Waals surface area contributed by atoms with Gasteiger partial charge in [-0.25, -0.2) is 0 Å². The van der Waals surface area contributed by atoms with Crippen molar-refractivity contribution < 1.29 is 0 Å². The fourth-order valence-corrected chi connectivity index (χ4v) is 1.53. The van der Waals surface area contributed by atoms with Crippen molar-refractivity contribution in [1.82, 2.24) is 14.8 Å². The maximum atomic E-state index is 5.73. The molecule has 1 aromatic heterocycles. The quantitative estimate of drug-likeness (QED) is 0.662. The Bertz CT molecular complexity index is 298. The van der Waals surface area contributed by atoms with E-state index in [-0.39, 0.29) is 0 Å². The van der Waals surface area contributed by atoms with Crippen molar-refractivity contribution in [3.05, 3.63) is 10.1 Å². The van der Waals surface area contributed by atoms with Crippen molar-refractivity contribution in [2.75, 3.05) is 0 Å². The van der Waals surface area contributed by atoms with Crippen molar-refractivity contribution >= 4 is 23.8 Å². The van der Waals surface area contributed by atoms with Crippen LogP contribution >= 0.6 is 23.8 Å². The van der Waals surface area contributed by atoms with Crippen LogP contribution in [0.3, 0.4) is 0 Å². The average molecular weight is 176 g/mol. The summed E-state index contributed by atoms with van der Waals surface area (Å²) in [6, 6.07) is 0.513. The van der Waals surface area contributed by atoms with Gasteiger partial charge in [0.05, 0.1) is 0 Å². The molecule has 5 heteroatoms. The number of nitrogens with one attached hydrogen (secondary N) is 1. The van der Waals surface area contributed by atoms with Crippen LogP contribution in [0.5, 0.6) is 0 Å². The van der Waals surface area contributed by atoms with Gasteiger partial charge in [-0.2, -0.15) is 0 Å². The lowest BCUT2D eigenvalue weighted by Crippen LogP contribution is -1.92. The predicted octanol–water partition coefficient (Wildman–Crippen LogP) is 1.93. The topological polar surface area (TPSA) is 33.6 Å². The van der Waals surface area contributed by atoms with Gasteiger partial charge in [0.2, 0.25) is 5.28 Å². The van der Waals surface area contributed by atoms with Gasteiger partial charge < -0.3 is 0 Å². The minimum Gasteiger partial charge on any atom is -0.288 e. The smallest absolute Gasteiger partial charge is 0.223 e. The van der Waals surface area contributed by atoms with Crippen molar-refractivity contribution in [2.45, 2.75) is 18.9 Å². The first-order valence-electron chi connectivity index (χ1n) is 3.11. The first kappa shape index (κ1) is 6.37. The Morgan fingerprint density at radius 1 is 1.70 bits per heavy atom. The van der Waals surface area contributed by atoms with Crippen LogP contribution in [0.1, 0.15) is 18.9 Å². The molecule has 3 nitrogen and oxygen atoms in total. The molecule has 1 saturated carbocycles. The van der Waals surface area contributed by atoms with E-state index in [0.29, 0.717) is 16.1 Å². The minimum atomic E-state index is 0.479. The largest absolute Gasteiger partial charge is 0.288 e. The number of hydrogen-bond donors (Lipinski definition) is 1. The van der Waals surface area contributed by atoms with Gasteiger partial charge in [-0.15, -0.1) is 5.10 Å². The number of rotatable bonds is 1. The zero-order valence-corrected chi connectivity index (χ0v) is 6.74. The molecule has 0 unspecified atom stereocenters. The molecule has 2 rings (SSSR count). The molecule has 1 N–H and O–H groups in total. The molecule has 1 heterocycles. The molecule has 0 radical (unpaired) electrons. The summed E-state index contributed by atoms with van der Waals surface area (Å²) < 4.78 is 2.49. The van der Waals surface area contributed by atoms with E-state index >= 15 is 0 Å². The number of hydrogen-bond acceptors (Lipinski definition) is 2. The third-order valence-electron chi connectivity index (χ3n) is 1.57. The van der Waals surface area contributed by atoms with Crippen molar-refractivity contribution in [3.63, 3.8) is 0 Å². The Morgan fingerprint density at radius 3 is 2.80 bits per heavy atom. The second kappa shape index (κ2) is 2.07. The van der Waals surface area contributed by atoms with Crippen LogP contribution < -0.4 is 0 Å². The molecule has 0 aromatic carbocycles. The first-order valence-corrected chi connectivity index (χ1v) is 3.90. The van der Waals surface area contributed by atoms with E-state index in [9.17, 15) is 0 Å². The van der Waals surface area contributed by atoms with Gasteiger partial charge in [-0.3, -0.25) is 9.67 Å². The highest BCUT2D eigenvalue weighted by atomic mass is 35.5. The van der Waals surface area contributed by atoms with Crippen LogP contribution in [0.15, 0.2) is 0 Å². The lowest BCUT2D eigenvalue weighted by molar-refractivity contribution is 0.728.